The molecule has 0 radical (unpaired) electrons. The van der Waals surface area contributed by atoms with E-state index in [2.05, 4.69) is 6.92 Å². The van der Waals surface area contributed by atoms with E-state index < -0.39 is 26.7 Å². The minimum atomic E-state index is -4.08. The summed E-state index contributed by atoms with van der Waals surface area (Å²) in [5, 5.41) is 11.9. The van der Waals surface area contributed by atoms with Crippen LogP contribution in [0.3, 0.4) is 0 Å². The van der Waals surface area contributed by atoms with Crippen LogP contribution in [-0.2, 0) is 31.2 Å². The zero-order chi connectivity index (χ0) is 20.3. The second-order valence-corrected chi connectivity index (χ2v) is 10.1. The summed E-state index contributed by atoms with van der Waals surface area (Å²) < 4.78 is 55.2. The summed E-state index contributed by atoms with van der Waals surface area (Å²) in [5.74, 6) is 0.339. The molecule has 152 valence electrons. The molecule has 1 saturated carbocycles. The van der Waals surface area contributed by atoms with Crippen LogP contribution in [0.2, 0.25) is 0 Å². The topological polar surface area (TPSA) is 139 Å². The maximum Gasteiger partial charge on any atom is 0.380 e. The molecule has 2 aromatic rings. The van der Waals surface area contributed by atoms with Crippen molar-refractivity contribution in [1.82, 2.24) is 0 Å². The zero-order valence-electron chi connectivity index (χ0n) is 15.3. The molecule has 1 fully saturated rings. The van der Waals surface area contributed by atoms with Crippen molar-refractivity contribution in [3.8, 4) is 5.75 Å². The first-order valence-corrected chi connectivity index (χ1v) is 11.9. The molecule has 10 heteroatoms. The number of hydrogen-bond acceptors (Lipinski definition) is 6. The Morgan fingerprint density at radius 2 is 1.79 bits per heavy atom. The predicted molar refractivity (Wildman–Crippen MR) is 104 cm³/mol. The van der Waals surface area contributed by atoms with Gasteiger partial charge in [-0.3, -0.25) is 4.18 Å². The molecule has 0 heterocycles. The molecule has 2 aromatic carbocycles. The van der Waals surface area contributed by atoms with Gasteiger partial charge >= 0.3 is 20.6 Å². The monoisotopic (exact) mass is 426 g/mol. The molecular weight excluding hydrogens is 404 g/mol. The van der Waals surface area contributed by atoms with Gasteiger partial charge in [0.2, 0.25) is 0 Å². The predicted octanol–water partition coefficient (Wildman–Crippen LogP) is 1.84. The Bertz CT molecular complexity index is 1160. The third-order valence-corrected chi connectivity index (χ3v) is 7.07. The summed E-state index contributed by atoms with van der Waals surface area (Å²) in [5.41, 5.74) is 2.07. The fraction of sp³-hybridized carbons (Fsp3) is 0.444. The van der Waals surface area contributed by atoms with E-state index in [9.17, 15) is 16.8 Å². The third kappa shape index (κ3) is 3.50. The molecule has 0 unspecified atom stereocenters. The van der Waals surface area contributed by atoms with Crippen LogP contribution in [0.1, 0.15) is 43.2 Å². The van der Waals surface area contributed by atoms with Crippen LogP contribution in [0.15, 0.2) is 30.3 Å². The minimum Gasteiger partial charge on any atom is -0.371 e. The Morgan fingerprint density at radius 1 is 1.04 bits per heavy atom. The van der Waals surface area contributed by atoms with Gasteiger partial charge in [-0.1, -0.05) is 25.1 Å². The van der Waals surface area contributed by atoms with Gasteiger partial charge in [0.25, 0.3) is 0 Å². The highest BCUT2D eigenvalue weighted by atomic mass is 32.2. The fourth-order valence-corrected chi connectivity index (χ4v) is 5.95. The minimum absolute atomic E-state index is 0.165. The Balaban J connectivity index is 1.73. The summed E-state index contributed by atoms with van der Waals surface area (Å²) in [7, 11) is -8.08. The van der Waals surface area contributed by atoms with Crippen LogP contribution < -0.4 is 14.5 Å². The fourth-order valence-electron chi connectivity index (χ4n) is 4.94. The molecule has 3 atom stereocenters. The van der Waals surface area contributed by atoms with Crippen LogP contribution >= 0.6 is 0 Å². The number of rotatable bonds is 4. The van der Waals surface area contributed by atoms with E-state index >= 15 is 0 Å². The standard InChI is InChI=1S/C18H22N2O6S2/c1-18-9-8-14-13-5-3-12(25-27(19,21)22)10-11(13)2-4-15(14)16(18)6-7-17(18)26-28(20,23)24/h2-5,10,16-17H,6-9H2,1H3,(H2,19,21,22)(H2,20,23,24)/t16-,17+,18+/m1/s1. The van der Waals surface area contributed by atoms with Gasteiger partial charge in [0.15, 0.2) is 0 Å². The summed E-state index contributed by atoms with van der Waals surface area (Å²) in [6.07, 6.45) is 2.57. The van der Waals surface area contributed by atoms with Gasteiger partial charge in [-0.15, -0.1) is 0 Å². The molecule has 0 saturated heterocycles. The summed E-state index contributed by atoms with van der Waals surface area (Å²) in [6.45, 7) is 2.07. The van der Waals surface area contributed by atoms with E-state index in [0.717, 1.165) is 30.0 Å². The Labute approximate surface area is 164 Å². The molecule has 4 rings (SSSR count). The van der Waals surface area contributed by atoms with Gasteiger partial charge in [0.1, 0.15) is 5.75 Å². The molecule has 0 aromatic heterocycles. The molecule has 0 aliphatic heterocycles. The van der Waals surface area contributed by atoms with E-state index in [1.54, 1.807) is 12.1 Å². The van der Waals surface area contributed by atoms with E-state index in [-0.39, 0.29) is 17.1 Å². The van der Waals surface area contributed by atoms with E-state index in [1.165, 1.54) is 11.1 Å². The molecule has 2 aliphatic carbocycles. The zero-order valence-corrected chi connectivity index (χ0v) is 16.9. The van der Waals surface area contributed by atoms with Gasteiger partial charge < -0.3 is 4.18 Å². The lowest BCUT2D eigenvalue weighted by molar-refractivity contribution is 0.0717. The molecule has 8 nitrogen and oxygen atoms in total. The lowest BCUT2D eigenvalue weighted by Gasteiger charge is -2.41. The van der Waals surface area contributed by atoms with Crippen molar-refractivity contribution in [3.63, 3.8) is 0 Å². The van der Waals surface area contributed by atoms with Crippen molar-refractivity contribution in [2.24, 2.45) is 15.7 Å². The second kappa shape index (κ2) is 6.39. The van der Waals surface area contributed by atoms with Gasteiger partial charge in [-0.05, 0) is 65.6 Å². The van der Waals surface area contributed by atoms with Crippen LogP contribution in [-0.4, -0.2) is 22.9 Å². The number of fused-ring (bicyclic) bond motifs is 5. The average molecular weight is 427 g/mol. The first kappa shape index (κ1) is 19.6. The number of benzene rings is 2. The van der Waals surface area contributed by atoms with Crippen molar-refractivity contribution in [1.29, 1.82) is 0 Å². The molecule has 28 heavy (non-hydrogen) atoms. The van der Waals surface area contributed by atoms with Crippen molar-refractivity contribution >= 4 is 31.4 Å². The van der Waals surface area contributed by atoms with Gasteiger partial charge in [0, 0.05) is 5.41 Å². The lowest BCUT2D eigenvalue weighted by Crippen LogP contribution is -2.39. The SMILES string of the molecule is C[C@]12CCc3c(ccc4cc(OS(N)(=O)=O)ccc34)[C@H]1CC[C@@H]2OS(N)(=O)=O. The average Bonchev–Trinajstić information content (AvgIpc) is 2.88. The summed E-state index contributed by atoms with van der Waals surface area (Å²) in [6, 6.07) is 9.02. The molecule has 0 amide bonds. The van der Waals surface area contributed by atoms with Crippen molar-refractivity contribution in [2.45, 2.75) is 44.6 Å². The maximum atomic E-state index is 11.4. The van der Waals surface area contributed by atoms with Gasteiger partial charge in [0.05, 0.1) is 6.10 Å². The largest absolute Gasteiger partial charge is 0.380 e. The van der Waals surface area contributed by atoms with Crippen LogP contribution in [0.25, 0.3) is 10.8 Å². The van der Waals surface area contributed by atoms with E-state index in [4.69, 9.17) is 18.6 Å². The van der Waals surface area contributed by atoms with Crippen molar-refractivity contribution in [3.05, 3.63) is 41.5 Å². The summed E-state index contributed by atoms with van der Waals surface area (Å²) >= 11 is 0. The Hall–Kier alpha value is -1.72. The van der Waals surface area contributed by atoms with Crippen molar-refractivity contribution < 1.29 is 25.2 Å². The molecule has 4 N–H and O–H groups in total. The smallest absolute Gasteiger partial charge is 0.371 e. The van der Waals surface area contributed by atoms with Crippen molar-refractivity contribution in [2.75, 3.05) is 0 Å². The quantitative estimate of drug-likeness (QED) is 0.765. The van der Waals surface area contributed by atoms with E-state index in [0.29, 0.717) is 6.42 Å². The Morgan fingerprint density at radius 3 is 2.46 bits per heavy atom. The number of nitrogens with two attached hydrogens (primary N) is 2. The highest BCUT2D eigenvalue weighted by Crippen LogP contribution is 2.57. The highest BCUT2D eigenvalue weighted by molar-refractivity contribution is 7.84. The van der Waals surface area contributed by atoms with Gasteiger partial charge in [-0.25, -0.2) is 5.14 Å². The number of aryl methyl sites for hydroxylation is 1. The molecule has 0 spiro atoms. The first-order valence-electron chi connectivity index (χ1n) is 8.95. The number of hydrogen-bond donors (Lipinski definition) is 2. The lowest BCUT2D eigenvalue weighted by atomic mass is 9.65. The van der Waals surface area contributed by atoms with Crippen LogP contribution in [0, 0.1) is 5.41 Å². The highest BCUT2D eigenvalue weighted by Gasteiger charge is 2.51. The maximum absolute atomic E-state index is 11.4. The van der Waals surface area contributed by atoms with E-state index in [1.807, 2.05) is 18.2 Å². The second-order valence-electron chi connectivity index (χ2n) is 7.81. The molecule has 0 bridgehead atoms. The molecular formula is C18H22N2O6S2. The summed E-state index contributed by atoms with van der Waals surface area (Å²) in [4.78, 5) is 0. The van der Waals surface area contributed by atoms with Crippen LogP contribution in [0.4, 0.5) is 0 Å². The van der Waals surface area contributed by atoms with Gasteiger partial charge in [-0.2, -0.15) is 22.0 Å². The normalized spacial score (nSPS) is 27.4. The van der Waals surface area contributed by atoms with Crippen LogP contribution in [0.5, 0.6) is 5.75 Å². The first-order chi connectivity index (χ1) is 13.0. The third-order valence-electron chi connectivity index (χ3n) is 6.14. The Kier molecular flexibility index (Phi) is 4.47. The molecule has 2 aliphatic rings.